The molecule has 1 aliphatic heterocycles. The lowest BCUT2D eigenvalue weighted by atomic mass is 10.00. The quantitative estimate of drug-likeness (QED) is 0.793. The summed E-state index contributed by atoms with van der Waals surface area (Å²) in [5.74, 6) is 0.281. The van der Waals surface area contributed by atoms with E-state index in [1.807, 2.05) is 18.2 Å². The summed E-state index contributed by atoms with van der Waals surface area (Å²) < 4.78 is 44.1. The molecule has 7 heteroatoms. The second-order valence-corrected chi connectivity index (χ2v) is 6.34. The normalized spacial score (nSPS) is 16.9. The first kappa shape index (κ1) is 16.8. The fraction of sp³-hybridized carbons (Fsp3) is 0.235. The van der Waals surface area contributed by atoms with Crippen molar-refractivity contribution >= 4 is 21.8 Å². The predicted molar refractivity (Wildman–Crippen MR) is 85.9 cm³/mol. The minimum absolute atomic E-state index is 0.186. The fourth-order valence-electron chi connectivity index (χ4n) is 2.57. The van der Waals surface area contributed by atoms with Crippen LogP contribution in [0.4, 0.5) is 13.2 Å². The Bertz CT molecular complexity index is 759. The lowest BCUT2D eigenvalue weighted by Gasteiger charge is -2.27. The Morgan fingerprint density at radius 2 is 1.88 bits per heavy atom. The minimum atomic E-state index is -4.42. The van der Waals surface area contributed by atoms with Crippen LogP contribution in [0.3, 0.4) is 0 Å². The number of halogens is 4. The van der Waals surface area contributed by atoms with E-state index < -0.39 is 17.6 Å². The Hall–Kier alpha value is -2.02. The van der Waals surface area contributed by atoms with Gasteiger partial charge >= 0.3 is 6.18 Å². The van der Waals surface area contributed by atoms with Crippen LogP contribution in [0.2, 0.25) is 0 Å². The average Bonchev–Trinajstić information content (AvgIpc) is 2.54. The molecular formula is C17H13BrF3NO2. The van der Waals surface area contributed by atoms with E-state index in [0.717, 1.165) is 22.2 Å². The van der Waals surface area contributed by atoms with Crippen molar-refractivity contribution in [2.45, 2.75) is 18.6 Å². The summed E-state index contributed by atoms with van der Waals surface area (Å²) in [6, 6.07) is 9.45. The summed E-state index contributed by atoms with van der Waals surface area (Å²) in [5.41, 5.74) is 0.251. The van der Waals surface area contributed by atoms with E-state index in [1.165, 1.54) is 12.1 Å². The molecule has 0 saturated heterocycles. The van der Waals surface area contributed by atoms with E-state index in [9.17, 15) is 18.0 Å². The maximum Gasteiger partial charge on any atom is 0.416 e. The van der Waals surface area contributed by atoms with Crippen LogP contribution in [0.5, 0.6) is 5.75 Å². The lowest BCUT2D eigenvalue weighted by Crippen LogP contribution is -2.32. The molecule has 0 aromatic heterocycles. The zero-order chi connectivity index (χ0) is 17.3. The Kier molecular flexibility index (Phi) is 4.54. The molecule has 2 aromatic rings. The molecule has 0 aliphatic carbocycles. The molecule has 0 saturated carbocycles. The molecule has 1 atom stereocenters. The second-order valence-electron chi connectivity index (χ2n) is 5.42. The van der Waals surface area contributed by atoms with Crippen LogP contribution >= 0.6 is 15.9 Å². The van der Waals surface area contributed by atoms with E-state index in [2.05, 4.69) is 21.2 Å². The van der Waals surface area contributed by atoms with Crippen molar-refractivity contribution < 1.29 is 22.7 Å². The minimum Gasteiger partial charge on any atom is -0.493 e. The Balaban J connectivity index is 1.78. The number of alkyl halides is 3. The Morgan fingerprint density at radius 1 is 1.17 bits per heavy atom. The van der Waals surface area contributed by atoms with Gasteiger partial charge in [-0.3, -0.25) is 4.79 Å². The number of hydrogen-bond donors (Lipinski definition) is 1. The molecule has 1 aliphatic rings. The Morgan fingerprint density at radius 3 is 2.54 bits per heavy atom. The van der Waals surface area contributed by atoms with Crippen molar-refractivity contribution in [2.24, 2.45) is 0 Å². The highest BCUT2D eigenvalue weighted by Gasteiger charge is 2.30. The maximum absolute atomic E-state index is 12.6. The molecule has 1 heterocycles. The zero-order valence-corrected chi connectivity index (χ0v) is 13.9. The molecular weight excluding hydrogens is 387 g/mol. The third kappa shape index (κ3) is 3.56. The number of nitrogens with one attached hydrogen (secondary N) is 1. The molecule has 3 nitrogen and oxygen atoms in total. The van der Waals surface area contributed by atoms with Crippen molar-refractivity contribution in [2.75, 3.05) is 6.61 Å². The van der Waals surface area contributed by atoms with Crippen LogP contribution in [0.25, 0.3) is 0 Å². The van der Waals surface area contributed by atoms with Crippen LogP contribution < -0.4 is 10.1 Å². The average molecular weight is 400 g/mol. The number of benzene rings is 2. The molecule has 0 bridgehead atoms. The van der Waals surface area contributed by atoms with Crippen LogP contribution in [0.1, 0.15) is 33.9 Å². The molecule has 0 spiro atoms. The van der Waals surface area contributed by atoms with E-state index in [4.69, 9.17) is 4.74 Å². The molecule has 126 valence electrons. The van der Waals surface area contributed by atoms with Crippen molar-refractivity contribution in [1.29, 1.82) is 0 Å². The van der Waals surface area contributed by atoms with Crippen LogP contribution in [-0.2, 0) is 6.18 Å². The number of fused-ring (bicyclic) bond motifs is 1. The van der Waals surface area contributed by atoms with E-state index >= 15 is 0 Å². The second kappa shape index (κ2) is 6.47. The molecule has 2 aromatic carbocycles. The number of ether oxygens (including phenoxy) is 1. The first-order chi connectivity index (χ1) is 11.3. The highest BCUT2D eigenvalue weighted by molar-refractivity contribution is 9.10. The number of hydrogen-bond acceptors (Lipinski definition) is 2. The van der Waals surface area contributed by atoms with Crippen LogP contribution in [-0.4, -0.2) is 12.5 Å². The van der Waals surface area contributed by atoms with Gasteiger partial charge in [0, 0.05) is 22.0 Å². The van der Waals surface area contributed by atoms with Crippen LogP contribution in [0, 0.1) is 0 Å². The van der Waals surface area contributed by atoms with E-state index in [1.54, 1.807) is 0 Å². The topological polar surface area (TPSA) is 38.3 Å². The van der Waals surface area contributed by atoms with Gasteiger partial charge in [-0.1, -0.05) is 15.9 Å². The fourth-order valence-corrected chi connectivity index (χ4v) is 2.95. The van der Waals surface area contributed by atoms with Gasteiger partial charge in [-0.05, 0) is 42.5 Å². The van der Waals surface area contributed by atoms with E-state index in [0.29, 0.717) is 18.8 Å². The van der Waals surface area contributed by atoms with Crippen molar-refractivity contribution in [3.8, 4) is 5.75 Å². The molecule has 0 fully saturated rings. The molecule has 0 radical (unpaired) electrons. The summed E-state index contributed by atoms with van der Waals surface area (Å²) in [4.78, 5) is 12.3. The SMILES string of the molecule is O=C(NC1CCOc2ccc(Br)cc21)c1ccc(C(F)(F)F)cc1. The van der Waals surface area contributed by atoms with Gasteiger partial charge in [-0.25, -0.2) is 0 Å². The summed E-state index contributed by atoms with van der Waals surface area (Å²) in [7, 11) is 0. The molecule has 1 amide bonds. The summed E-state index contributed by atoms with van der Waals surface area (Å²) in [6.07, 6.45) is -3.82. The Labute approximate surface area is 144 Å². The molecule has 1 N–H and O–H groups in total. The maximum atomic E-state index is 12.6. The van der Waals surface area contributed by atoms with Crippen LogP contribution in [0.15, 0.2) is 46.9 Å². The molecule has 1 unspecified atom stereocenters. The van der Waals surface area contributed by atoms with Gasteiger partial charge in [0.25, 0.3) is 5.91 Å². The third-order valence-electron chi connectivity index (χ3n) is 3.79. The van der Waals surface area contributed by atoms with Gasteiger partial charge in [0.15, 0.2) is 0 Å². The molecule has 3 rings (SSSR count). The van der Waals surface area contributed by atoms with Gasteiger partial charge in [-0.15, -0.1) is 0 Å². The van der Waals surface area contributed by atoms with Gasteiger partial charge in [0.1, 0.15) is 5.75 Å². The number of rotatable bonds is 2. The number of carbonyl (C=O) groups is 1. The highest BCUT2D eigenvalue weighted by atomic mass is 79.9. The van der Waals surface area contributed by atoms with E-state index in [-0.39, 0.29) is 11.6 Å². The van der Waals surface area contributed by atoms with Crippen molar-refractivity contribution in [3.05, 3.63) is 63.6 Å². The first-order valence-corrected chi connectivity index (χ1v) is 8.04. The predicted octanol–water partition coefficient (Wildman–Crippen LogP) is 4.72. The van der Waals surface area contributed by atoms with Gasteiger partial charge in [0.05, 0.1) is 18.2 Å². The largest absolute Gasteiger partial charge is 0.493 e. The van der Waals surface area contributed by atoms with Gasteiger partial charge < -0.3 is 10.1 Å². The standard InChI is InChI=1S/C17H13BrF3NO2/c18-12-5-6-15-13(9-12)14(7-8-24-15)22-16(23)10-1-3-11(4-2-10)17(19,20)21/h1-6,9,14H,7-8H2,(H,22,23). The monoisotopic (exact) mass is 399 g/mol. The summed E-state index contributed by atoms with van der Waals surface area (Å²) in [5, 5.41) is 2.86. The van der Waals surface area contributed by atoms with Crippen molar-refractivity contribution in [3.63, 3.8) is 0 Å². The number of amides is 1. The third-order valence-corrected chi connectivity index (χ3v) is 4.28. The van der Waals surface area contributed by atoms with Gasteiger partial charge in [0.2, 0.25) is 0 Å². The van der Waals surface area contributed by atoms with Gasteiger partial charge in [-0.2, -0.15) is 13.2 Å². The molecule has 24 heavy (non-hydrogen) atoms. The zero-order valence-electron chi connectivity index (χ0n) is 12.4. The van der Waals surface area contributed by atoms with Crippen molar-refractivity contribution in [1.82, 2.24) is 5.32 Å². The first-order valence-electron chi connectivity index (χ1n) is 7.25. The lowest BCUT2D eigenvalue weighted by molar-refractivity contribution is -0.137. The highest BCUT2D eigenvalue weighted by Crippen LogP contribution is 2.34. The smallest absolute Gasteiger partial charge is 0.416 e. The summed E-state index contributed by atoms with van der Waals surface area (Å²) in [6.45, 7) is 0.465. The number of carbonyl (C=O) groups excluding carboxylic acids is 1. The summed E-state index contributed by atoms with van der Waals surface area (Å²) >= 11 is 3.38.